The molecule has 0 aliphatic rings. The molecule has 8 heteroatoms. The van der Waals surface area contributed by atoms with Crippen molar-refractivity contribution in [3.8, 4) is 11.6 Å². The molecule has 1 heterocycles. The van der Waals surface area contributed by atoms with E-state index < -0.39 is 17.6 Å². The Kier molecular flexibility index (Phi) is 5.65. The van der Waals surface area contributed by atoms with Gasteiger partial charge in [0.05, 0.1) is 11.9 Å². The largest absolute Gasteiger partial charge is 0.439 e. The number of pyridine rings is 1. The lowest BCUT2D eigenvalue weighted by Crippen LogP contribution is -2.12. The first-order valence-corrected chi connectivity index (χ1v) is 8.80. The van der Waals surface area contributed by atoms with Gasteiger partial charge in [0.25, 0.3) is 5.91 Å². The van der Waals surface area contributed by atoms with Crippen LogP contribution >= 0.6 is 22.6 Å². The molecule has 2 aromatic carbocycles. The molecule has 3 N–H and O–H groups in total. The molecule has 0 atom stereocenters. The predicted molar refractivity (Wildman–Crippen MR) is 106 cm³/mol. The molecule has 2 amide bonds. The summed E-state index contributed by atoms with van der Waals surface area (Å²) < 4.78 is 19.6. The predicted octanol–water partition coefficient (Wildman–Crippen LogP) is 3.97. The fourth-order valence-corrected chi connectivity index (χ4v) is 2.52. The molecule has 0 aliphatic heterocycles. The first-order chi connectivity index (χ1) is 12.9. The fourth-order valence-electron chi connectivity index (χ4n) is 2.19. The standard InChI is InChI=1S/C19H13FIN3O3/c20-15-9-12(4-6-16(15)21)19(26)24-13-5-7-17(23-10-13)27-14-3-1-2-11(8-14)18(22)25/h1-10H,(H2,22,25)(H,24,26). The highest BCUT2D eigenvalue weighted by Gasteiger charge is 2.10. The number of carbonyl (C=O) groups is 2. The maximum atomic E-state index is 13.6. The molecule has 136 valence electrons. The van der Waals surface area contributed by atoms with E-state index in [2.05, 4.69) is 10.3 Å². The summed E-state index contributed by atoms with van der Waals surface area (Å²) in [4.78, 5) is 27.5. The van der Waals surface area contributed by atoms with Crippen LogP contribution in [-0.4, -0.2) is 16.8 Å². The van der Waals surface area contributed by atoms with E-state index in [0.29, 0.717) is 20.6 Å². The lowest BCUT2D eigenvalue weighted by Gasteiger charge is -2.08. The Labute approximate surface area is 167 Å². The molecule has 0 fully saturated rings. The van der Waals surface area contributed by atoms with Gasteiger partial charge in [-0.25, -0.2) is 9.37 Å². The third-order valence-electron chi connectivity index (χ3n) is 3.52. The van der Waals surface area contributed by atoms with Gasteiger partial charge in [0.2, 0.25) is 11.8 Å². The highest BCUT2D eigenvalue weighted by Crippen LogP contribution is 2.22. The van der Waals surface area contributed by atoms with Crippen LogP contribution in [0.4, 0.5) is 10.1 Å². The number of amides is 2. The van der Waals surface area contributed by atoms with E-state index in [4.69, 9.17) is 10.5 Å². The lowest BCUT2D eigenvalue weighted by atomic mass is 10.2. The number of hydrogen-bond acceptors (Lipinski definition) is 4. The van der Waals surface area contributed by atoms with Crippen molar-refractivity contribution in [3.05, 3.63) is 81.3 Å². The Hall–Kier alpha value is -3.01. The third kappa shape index (κ3) is 4.79. The van der Waals surface area contributed by atoms with Gasteiger partial charge in [-0.05, 0) is 65.1 Å². The molecule has 27 heavy (non-hydrogen) atoms. The number of anilines is 1. The molecule has 0 unspecified atom stereocenters. The van der Waals surface area contributed by atoms with Crippen LogP contribution in [0.2, 0.25) is 0 Å². The fraction of sp³-hybridized carbons (Fsp3) is 0. The van der Waals surface area contributed by atoms with Gasteiger partial charge in [-0.15, -0.1) is 0 Å². The minimum absolute atomic E-state index is 0.205. The van der Waals surface area contributed by atoms with E-state index in [1.165, 1.54) is 30.5 Å². The average molecular weight is 477 g/mol. The van der Waals surface area contributed by atoms with E-state index in [-0.39, 0.29) is 11.4 Å². The molecule has 0 saturated carbocycles. The first kappa shape index (κ1) is 18.8. The summed E-state index contributed by atoms with van der Waals surface area (Å²) in [5.74, 6) is -0.781. The van der Waals surface area contributed by atoms with Crippen molar-refractivity contribution >= 4 is 40.1 Å². The van der Waals surface area contributed by atoms with Crippen molar-refractivity contribution in [2.24, 2.45) is 5.73 Å². The zero-order chi connectivity index (χ0) is 19.4. The van der Waals surface area contributed by atoms with Crippen LogP contribution in [-0.2, 0) is 0 Å². The van der Waals surface area contributed by atoms with Crippen LogP contribution in [0, 0.1) is 9.39 Å². The molecule has 3 aromatic rings. The number of rotatable bonds is 5. The molecular formula is C19H13FIN3O3. The van der Waals surface area contributed by atoms with Crippen LogP contribution in [0.3, 0.4) is 0 Å². The molecular weight excluding hydrogens is 464 g/mol. The molecule has 3 rings (SSSR count). The molecule has 0 radical (unpaired) electrons. The van der Waals surface area contributed by atoms with Gasteiger partial charge in [-0.2, -0.15) is 0 Å². The molecule has 0 aliphatic carbocycles. The van der Waals surface area contributed by atoms with Gasteiger partial charge in [-0.1, -0.05) is 6.07 Å². The summed E-state index contributed by atoms with van der Waals surface area (Å²) in [5.41, 5.74) is 6.19. The van der Waals surface area contributed by atoms with Crippen molar-refractivity contribution < 1.29 is 18.7 Å². The summed E-state index contributed by atoms with van der Waals surface area (Å²) >= 11 is 1.85. The zero-order valence-corrected chi connectivity index (χ0v) is 15.9. The van der Waals surface area contributed by atoms with E-state index in [1.54, 1.807) is 30.3 Å². The van der Waals surface area contributed by atoms with Crippen LogP contribution in [0.15, 0.2) is 60.8 Å². The van der Waals surface area contributed by atoms with Crippen molar-refractivity contribution in [2.45, 2.75) is 0 Å². The number of nitrogens with zero attached hydrogens (tertiary/aromatic N) is 1. The number of halogens is 2. The summed E-state index contributed by atoms with van der Waals surface area (Å²) in [6.07, 6.45) is 1.41. The number of hydrogen-bond donors (Lipinski definition) is 2. The second-order valence-corrected chi connectivity index (χ2v) is 6.62. The summed E-state index contributed by atoms with van der Waals surface area (Å²) in [7, 11) is 0. The lowest BCUT2D eigenvalue weighted by molar-refractivity contribution is 0.0997. The number of benzene rings is 2. The topological polar surface area (TPSA) is 94.3 Å². The Balaban J connectivity index is 1.68. The van der Waals surface area contributed by atoms with Gasteiger partial charge in [-0.3, -0.25) is 9.59 Å². The van der Waals surface area contributed by atoms with Crippen LogP contribution in [0.1, 0.15) is 20.7 Å². The van der Waals surface area contributed by atoms with Gasteiger partial charge in [0.1, 0.15) is 11.6 Å². The Morgan fingerprint density at radius 3 is 2.56 bits per heavy atom. The summed E-state index contributed by atoms with van der Waals surface area (Å²) in [5, 5.41) is 2.63. The normalized spacial score (nSPS) is 10.3. The molecule has 1 aromatic heterocycles. The smallest absolute Gasteiger partial charge is 0.255 e. The van der Waals surface area contributed by atoms with Gasteiger partial charge >= 0.3 is 0 Å². The van der Waals surface area contributed by atoms with Crippen molar-refractivity contribution in [3.63, 3.8) is 0 Å². The quantitative estimate of drug-likeness (QED) is 0.544. The second-order valence-electron chi connectivity index (χ2n) is 5.46. The van der Waals surface area contributed by atoms with E-state index in [9.17, 15) is 14.0 Å². The summed E-state index contributed by atoms with van der Waals surface area (Å²) in [6, 6.07) is 13.8. The number of primary amides is 1. The summed E-state index contributed by atoms with van der Waals surface area (Å²) in [6.45, 7) is 0. The van der Waals surface area contributed by atoms with Crippen molar-refractivity contribution in [1.29, 1.82) is 0 Å². The van der Waals surface area contributed by atoms with Crippen molar-refractivity contribution in [2.75, 3.05) is 5.32 Å². The minimum Gasteiger partial charge on any atom is -0.439 e. The van der Waals surface area contributed by atoms with Gasteiger partial charge in [0.15, 0.2) is 0 Å². The molecule has 0 saturated heterocycles. The Morgan fingerprint density at radius 2 is 1.89 bits per heavy atom. The third-order valence-corrected chi connectivity index (χ3v) is 4.39. The molecule has 6 nitrogen and oxygen atoms in total. The average Bonchev–Trinajstić information content (AvgIpc) is 2.65. The van der Waals surface area contributed by atoms with E-state index in [1.807, 2.05) is 22.6 Å². The molecule has 0 bridgehead atoms. The molecule has 0 spiro atoms. The van der Waals surface area contributed by atoms with Gasteiger partial charge < -0.3 is 15.8 Å². The maximum Gasteiger partial charge on any atom is 0.255 e. The number of nitrogens with two attached hydrogens (primary N) is 1. The first-order valence-electron chi connectivity index (χ1n) is 7.72. The number of carbonyl (C=O) groups excluding carboxylic acids is 2. The SMILES string of the molecule is NC(=O)c1cccc(Oc2ccc(NC(=O)c3ccc(I)c(F)c3)cn2)c1. The van der Waals surface area contributed by atoms with Crippen LogP contribution in [0.5, 0.6) is 11.6 Å². The van der Waals surface area contributed by atoms with E-state index >= 15 is 0 Å². The van der Waals surface area contributed by atoms with E-state index in [0.717, 1.165) is 0 Å². The van der Waals surface area contributed by atoms with Crippen LogP contribution < -0.4 is 15.8 Å². The second kappa shape index (κ2) is 8.12. The number of ether oxygens (including phenoxy) is 1. The highest BCUT2D eigenvalue weighted by molar-refractivity contribution is 14.1. The van der Waals surface area contributed by atoms with Gasteiger partial charge in [0, 0.05) is 20.8 Å². The number of aromatic nitrogens is 1. The zero-order valence-electron chi connectivity index (χ0n) is 13.8. The van der Waals surface area contributed by atoms with Crippen LogP contribution in [0.25, 0.3) is 0 Å². The maximum absolute atomic E-state index is 13.6. The van der Waals surface area contributed by atoms with Crippen molar-refractivity contribution in [1.82, 2.24) is 4.98 Å². The Morgan fingerprint density at radius 1 is 1.07 bits per heavy atom. The number of nitrogens with one attached hydrogen (secondary N) is 1. The monoisotopic (exact) mass is 477 g/mol. The highest BCUT2D eigenvalue weighted by atomic mass is 127. The Bertz CT molecular complexity index is 1010. The minimum atomic E-state index is -0.557.